The van der Waals surface area contributed by atoms with Crippen molar-refractivity contribution in [2.24, 2.45) is 17.8 Å². The van der Waals surface area contributed by atoms with Crippen molar-refractivity contribution in [2.45, 2.75) is 40.0 Å². The van der Waals surface area contributed by atoms with Gasteiger partial charge in [-0.15, -0.1) is 6.58 Å². The van der Waals surface area contributed by atoms with E-state index in [0.29, 0.717) is 0 Å². The van der Waals surface area contributed by atoms with Crippen LogP contribution in [-0.2, 0) is 0 Å². The average Bonchev–Trinajstić information content (AvgIpc) is 3.20. The highest BCUT2D eigenvalue weighted by molar-refractivity contribution is 4.95. The third kappa shape index (κ3) is 11.2. The molecule has 2 aliphatic carbocycles. The van der Waals surface area contributed by atoms with Crippen molar-refractivity contribution in [3.05, 3.63) is 49.6 Å². The van der Waals surface area contributed by atoms with Crippen LogP contribution in [0.3, 0.4) is 0 Å². The van der Waals surface area contributed by atoms with Crippen LogP contribution in [0, 0.1) is 17.8 Å². The summed E-state index contributed by atoms with van der Waals surface area (Å²) in [6.45, 7) is 13.4. The molecule has 2 rings (SSSR count). The maximum Gasteiger partial charge on any atom is -0.0207 e. The Balaban J connectivity index is 0.000000228. The van der Waals surface area contributed by atoms with Crippen LogP contribution in [0.1, 0.15) is 40.0 Å². The molecule has 0 heteroatoms. The van der Waals surface area contributed by atoms with Crippen molar-refractivity contribution in [3.63, 3.8) is 0 Å². The van der Waals surface area contributed by atoms with Crippen molar-refractivity contribution in [3.8, 4) is 0 Å². The molecule has 0 bridgehead atoms. The van der Waals surface area contributed by atoms with Gasteiger partial charge in [0.15, 0.2) is 0 Å². The maximum absolute atomic E-state index is 3.67. The van der Waals surface area contributed by atoms with E-state index in [4.69, 9.17) is 0 Å². The Morgan fingerprint density at radius 2 is 1.65 bits per heavy atom. The second kappa shape index (κ2) is 10.1. The normalized spacial score (nSPS) is 25.6. The smallest absolute Gasteiger partial charge is 0.0207 e. The first-order valence-corrected chi connectivity index (χ1v) is 6.68. The van der Waals surface area contributed by atoms with E-state index in [9.17, 15) is 0 Å². The van der Waals surface area contributed by atoms with Crippen LogP contribution in [0.15, 0.2) is 49.6 Å². The van der Waals surface area contributed by atoms with Crippen LogP contribution >= 0.6 is 0 Å². The summed E-state index contributed by atoms with van der Waals surface area (Å²) >= 11 is 0. The molecule has 0 nitrogen and oxygen atoms in total. The average molecular weight is 232 g/mol. The van der Waals surface area contributed by atoms with E-state index in [1.807, 2.05) is 25.2 Å². The van der Waals surface area contributed by atoms with Crippen molar-refractivity contribution < 1.29 is 0 Å². The molecule has 0 amide bonds. The molecule has 0 saturated heterocycles. The molecule has 0 N–H and O–H groups in total. The Morgan fingerprint density at radius 1 is 1.06 bits per heavy atom. The number of hydrogen-bond donors (Lipinski definition) is 0. The predicted octanol–water partition coefficient (Wildman–Crippen LogP) is 5.55. The van der Waals surface area contributed by atoms with Crippen molar-refractivity contribution >= 4 is 0 Å². The van der Waals surface area contributed by atoms with Gasteiger partial charge in [-0.25, -0.2) is 0 Å². The Hall–Kier alpha value is -1.04. The van der Waals surface area contributed by atoms with Crippen LogP contribution in [0.5, 0.6) is 0 Å². The Bertz CT molecular complexity index is 253. The molecular weight excluding hydrogens is 204 g/mol. The highest BCUT2D eigenvalue weighted by atomic mass is 14.3. The summed E-state index contributed by atoms with van der Waals surface area (Å²) < 4.78 is 0. The van der Waals surface area contributed by atoms with Gasteiger partial charge in [-0.3, -0.25) is 0 Å². The SMILES string of the molecule is C/C=C/C1CC1.C=C/C=C/C.C=CC1CC1C. The summed E-state index contributed by atoms with van der Waals surface area (Å²) in [5, 5.41) is 0. The molecule has 2 saturated carbocycles. The molecule has 0 radical (unpaired) electrons. The minimum absolute atomic E-state index is 0.866. The second-order valence-corrected chi connectivity index (χ2v) is 4.74. The molecule has 0 aromatic heterocycles. The zero-order valence-corrected chi connectivity index (χ0v) is 11.7. The lowest BCUT2D eigenvalue weighted by Crippen LogP contribution is -1.62. The maximum atomic E-state index is 3.67. The third-order valence-corrected chi connectivity index (χ3v) is 2.89. The van der Waals surface area contributed by atoms with Crippen LogP contribution < -0.4 is 0 Å². The van der Waals surface area contributed by atoms with Gasteiger partial charge < -0.3 is 0 Å². The van der Waals surface area contributed by atoms with Gasteiger partial charge in [-0.2, -0.15) is 0 Å². The molecule has 17 heavy (non-hydrogen) atoms. The molecule has 2 aliphatic rings. The Kier molecular flexibility index (Phi) is 9.52. The molecule has 0 aromatic rings. The van der Waals surface area contributed by atoms with E-state index >= 15 is 0 Å². The zero-order chi connectivity index (χ0) is 13.1. The molecule has 0 aliphatic heterocycles. The monoisotopic (exact) mass is 232 g/mol. The molecule has 2 atom stereocenters. The van der Waals surface area contributed by atoms with E-state index in [0.717, 1.165) is 17.8 Å². The highest BCUT2D eigenvalue weighted by Gasteiger charge is 2.28. The predicted molar refractivity (Wildman–Crippen MR) is 80.0 cm³/mol. The van der Waals surface area contributed by atoms with E-state index in [-0.39, 0.29) is 0 Å². The Morgan fingerprint density at radius 3 is 1.71 bits per heavy atom. The molecule has 2 fully saturated rings. The zero-order valence-electron chi connectivity index (χ0n) is 11.7. The first-order valence-electron chi connectivity index (χ1n) is 6.68. The van der Waals surface area contributed by atoms with Gasteiger partial charge in [0, 0.05) is 0 Å². The fourth-order valence-electron chi connectivity index (χ4n) is 1.38. The third-order valence-electron chi connectivity index (χ3n) is 2.89. The first-order chi connectivity index (χ1) is 8.19. The summed E-state index contributed by atoms with van der Waals surface area (Å²) in [5.41, 5.74) is 0. The minimum atomic E-state index is 0.866. The fourth-order valence-corrected chi connectivity index (χ4v) is 1.38. The summed E-state index contributed by atoms with van der Waals surface area (Å²) in [5.74, 6) is 2.78. The molecular formula is C17H28. The van der Waals surface area contributed by atoms with Crippen LogP contribution in [0.25, 0.3) is 0 Å². The fraction of sp³-hybridized carbons (Fsp3) is 0.529. The molecule has 0 heterocycles. The standard InChI is InChI=1S/2C6H10.C5H8/c1-3-6-4-5(6)2;1-2-3-6-4-5-6;1-3-5-4-2/h3,5-6H,1,4H2,2H3;2-3,6H,4-5H2,1H3;3-5H,1H2,2H3/b;3-2+;5-4+. The number of rotatable bonds is 3. The number of hydrogen-bond acceptors (Lipinski definition) is 0. The van der Waals surface area contributed by atoms with Gasteiger partial charge in [0.1, 0.15) is 0 Å². The summed E-state index contributed by atoms with van der Waals surface area (Å²) in [6, 6.07) is 0. The van der Waals surface area contributed by atoms with Crippen molar-refractivity contribution in [2.75, 3.05) is 0 Å². The van der Waals surface area contributed by atoms with Gasteiger partial charge in [-0.1, -0.05) is 50.0 Å². The van der Waals surface area contributed by atoms with Gasteiger partial charge in [-0.05, 0) is 50.9 Å². The van der Waals surface area contributed by atoms with Crippen LogP contribution in [-0.4, -0.2) is 0 Å². The topological polar surface area (TPSA) is 0 Å². The molecule has 0 aromatic carbocycles. The van der Waals surface area contributed by atoms with Gasteiger partial charge in [0.2, 0.25) is 0 Å². The molecule has 0 spiro atoms. The van der Waals surface area contributed by atoms with Gasteiger partial charge in [0.25, 0.3) is 0 Å². The number of allylic oxidation sites excluding steroid dienone is 6. The summed E-state index contributed by atoms with van der Waals surface area (Å²) in [7, 11) is 0. The highest BCUT2D eigenvalue weighted by Crippen LogP contribution is 2.37. The lowest BCUT2D eigenvalue weighted by molar-refractivity contribution is 0.901. The largest absolute Gasteiger partial charge is 0.103 e. The lowest BCUT2D eigenvalue weighted by atomic mass is 10.3. The van der Waals surface area contributed by atoms with Crippen LogP contribution in [0.2, 0.25) is 0 Å². The van der Waals surface area contributed by atoms with Crippen molar-refractivity contribution in [1.82, 2.24) is 0 Å². The van der Waals surface area contributed by atoms with Crippen LogP contribution in [0.4, 0.5) is 0 Å². The lowest BCUT2D eigenvalue weighted by Gasteiger charge is -1.72. The Labute approximate surface area is 108 Å². The molecule has 96 valence electrons. The summed E-state index contributed by atoms with van der Waals surface area (Å²) in [6.07, 6.45) is 16.3. The van der Waals surface area contributed by atoms with E-state index in [1.165, 1.54) is 19.3 Å². The van der Waals surface area contributed by atoms with Gasteiger partial charge >= 0.3 is 0 Å². The van der Waals surface area contributed by atoms with Crippen molar-refractivity contribution in [1.29, 1.82) is 0 Å². The van der Waals surface area contributed by atoms with E-state index in [1.54, 1.807) is 6.08 Å². The minimum Gasteiger partial charge on any atom is -0.103 e. The van der Waals surface area contributed by atoms with E-state index < -0.39 is 0 Å². The quantitative estimate of drug-likeness (QED) is 0.442. The van der Waals surface area contributed by atoms with E-state index in [2.05, 4.69) is 39.2 Å². The summed E-state index contributed by atoms with van der Waals surface area (Å²) in [4.78, 5) is 0. The molecule has 2 unspecified atom stereocenters. The second-order valence-electron chi connectivity index (χ2n) is 4.74. The first kappa shape index (κ1) is 16.0. The van der Waals surface area contributed by atoms with Gasteiger partial charge in [0.05, 0.1) is 0 Å².